The highest BCUT2D eigenvalue weighted by Gasteiger charge is 2.31. The minimum atomic E-state index is 0.176. The summed E-state index contributed by atoms with van der Waals surface area (Å²) < 4.78 is 0. The van der Waals surface area contributed by atoms with E-state index in [-0.39, 0.29) is 5.92 Å². The summed E-state index contributed by atoms with van der Waals surface area (Å²) in [6.45, 7) is 0. The number of fused-ring (bicyclic) bond motifs is 3. The van der Waals surface area contributed by atoms with Gasteiger partial charge in [0.15, 0.2) is 0 Å². The molecule has 0 bridgehead atoms. The highest BCUT2D eigenvalue weighted by Crippen LogP contribution is 2.47. The molecule has 1 aromatic heterocycles. The quantitative estimate of drug-likeness (QED) is 0.475. The third-order valence-corrected chi connectivity index (χ3v) is 4.79. The number of aromatic amines is 1. The highest BCUT2D eigenvalue weighted by atomic mass is 14.9. The van der Waals surface area contributed by atoms with Gasteiger partial charge in [0, 0.05) is 0 Å². The summed E-state index contributed by atoms with van der Waals surface area (Å²) >= 11 is 0. The first-order valence-corrected chi connectivity index (χ1v) is 8.20. The SMILES string of the molecule is c1ccc(-c2cnc(C3c4ccccc4-c4ccccc43)[nH]2)cc1. The smallest absolute Gasteiger partial charge is 0.118 e. The zero-order chi connectivity index (χ0) is 15.9. The van der Waals surface area contributed by atoms with Gasteiger partial charge in [0.1, 0.15) is 5.82 Å². The van der Waals surface area contributed by atoms with Crippen LogP contribution in [0, 0.1) is 0 Å². The van der Waals surface area contributed by atoms with Gasteiger partial charge in [-0.2, -0.15) is 0 Å². The first kappa shape index (κ1) is 13.3. The Morgan fingerprint density at radius 3 is 1.92 bits per heavy atom. The fourth-order valence-electron chi connectivity index (χ4n) is 3.70. The Labute approximate surface area is 140 Å². The van der Waals surface area contributed by atoms with Crippen molar-refractivity contribution in [2.75, 3.05) is 0 Å². The van der Waals surface area contributed by atoms with E-state index in [9.17, 15) is 0 Å². The Bertz CT molecular complexity index is 969. The average molecular weight is 308 g/mol. The molecule has 0 radical (unpaired) electrons. The van der Waals surface area contributed by atoms with Gasteiger partial charge in [0.25, 0.3) is 0 Å². The van der Waals surface area contributed by atoms with E-state index in [1.165, 1.54) is 22.3 Å². The van der Waals surface area contributed by atoms with Gasteiger partial charge in [-0.05, 0) is 27.8 Å². The molecule has 1 heterocycles. The summed E-state index contributed by atoms with van der Waals surface area (Å²) in [6, 6.07) is 27.6. The predicted molar refractivity (Wildman–Crippen MR) is 96.8 cm³/mol. The first-order valence-electron chi connectivity index (χ1n) is 8.20. The lowest BCUT2D eigenvalue weighted by Crippen LogP contribution is -2.01. The Kier molecular flexibility index (Phi) is 2.89. The number of imidazole rings is 1. The second-order valence-electron chi connectivity index (χ2n) is 6.16. The third-order valence-electron chi connectivity index (χ3n) is 4.79. The second kappa shape index (κ2) is 5.20. The van der Waals surface area contributed by atoms with Crippen LogP contribution in [0.25, 0.3) is 22.4 Å². The summed E-state index contributed by atoms with van der Waals surface area (Å²) in [5.74, 6) is 1.18. The van der Waals surface area contributed by atoms with Crippen LogP contribution < -0.4 is 0 Å². The van der Waals surface area contributed by atoms with Gasteiger partial charge < -0.3 is 4.98 Å². The van der Waals surface area contributed by atoms with Gasteiger partial charge in [0.05, 0.1) is 17.8 Å². The van der Waals surface area contributed by atoms with Gasteiger partial charge in [-0.15, -0.1) is 0 Å². The normalized spacial score (nSPS) is 12.8. The molecule has 2 heteroatoms. The number of aromatic nitrogens is 2. The van der Waals surface area contributed by atoms with Gasteiger partial charge in [-0.25, -0.2) is 4.98 Å². The Morgan fingerprint density at radius 1 is 0.667 bits per heavy atom. The second-order valence-corrected chi connectivity index (χ2v) is 6.16. The summed E-state index contributed by atoms with van der Waals surface area (Å²) in [6.07, 6.45) is 1.94. The molecular formula is C22H16N2. The molecule has 0 amide bonds. The zero-order valence-corrected chi connectivity index (χ0v) is 13.1. The summed E-state index contributed by atoms with van der Waals surface area (Å²) in [7, 11) is 0. The van der Waals surface area contributed by atoms with Crippen LogP contribution in [0.4, 0.5) is 0 Å². The predicted octanol–water partition coefficient (Wildman–Crippen LogP) is 5.24. The Balaban J connectivity index is 1.66. The van der Waals surface area contributed by atoms with Crippen molar-refractivity contribution < 1.29 is 0 Å². The monoisotopic (exact) mass is 308 g/mol. The molecular weight excluding hydrogens is 292 g/mol. The molecule has 0 atom stereocenters. The molecule has 0 fully saturated rings. The largest absolute Gasteiger partial charge is 0.341 e. The fraction of sp³-hybridized carbons (Fsp3) is 0.0455. The third kappa shape index (κ3) is 1.93. The fourth-order valence-corrected chi connectivity index (χ4v) is 3.70. The maximum atomic E-state index is 4.72. The maximum Gasteiger partial charge on any atom is 0.118 e. The number of nitrogens with one attached hydrogen (secondary N) is 1. The van der Waals surface area contributed by atoms with E-state index >= 15 is 0 Å². The molecule has 24 heavy (non-hydrogen) atoms. The van der Waals surface area contributed by atoms with E-state index in [0.717, 1.165) is 17.1 Å². The van der Waals surface area contributed by atoms with Crippen LogP contribution in [-0.4, -0.2) is 9.97 Å². The highest BCUT2D eigenvalue weighted by molar-refractivity contribution is 5.80. The van der Waals surface area contributed by atoms with E-state index < -0.39 is 0 Å². The number of nitrogens with zero attached hydrogens (tertiary/aromatic N) is 1. The minimum absolute atomic E-state index is 0.176. The van der Waals surface area contributed by atoms with Gasteiger partial charge in [0.2, 0.25) is 0 Å². The van der Waals surface area contributed by atoms with Crippen molar-refractivity contribution in [3.8, 4) is 22.4 Å². The van der Waals surface area contributed by atoms with Gasteiger partial charge in [-0.3, -0.25) is 0 Å². The summed E-state index contributed by atoms with van der Waals surface area (Å²) in [5.41, 5.74) is 7.51. The number of hydrogen-bond acceptors (Lipinski definition) is 1. The van der Waals surface area contributed by atoms with Crippen LogP contribution in [0.1, 0.15) is 22.9 Å². The van der Waals surface area contributed by atoms with E-state index in [2.05, 4.69) is 77.8 Å². The molecule has 0 saturated carbocycles. The molecule has 3 aromatic carbocycles. The maximum absolute atomic E-state index is 4.72. The van der Waals surface area contributed by atoms with Crippen molar-refractivity contribution in [3.05, 3.63) is 102 Å². The molecule has 114 valence electrons. The van der Waals surface area contributed by atoms with E-state index in [0.29, 0.717) is 0 Å². The summed E-state index contributed by atoms with van der Waals surface area (Å²) in [4.78, 5) is 8.26. The van der Waals surface area contributed by atoms with Crippen LogP contribution in [0.3, 0.4) is 0 Å². The lowest BCUT2D eigenvalue weighted by atomic mass is 9.96. The average Bonchev–Trinajstić information content (AvgIpc) is 3.25. The number of rotatable bonds is 2. The van der Waals surface area contributed by atoms with Crippen molar-refractivity contribution in [2.24, 2.45) is 0 Å². The van der Waals surface area contributed by atoms with Crippen molar-refractivity contribution in [1.82, 2.24) is 9.97 Å². The first-order chi connectivity index (χ1) is 11.9. The van der Waals surface area contributed by atoms with Crippen LogP contribution in [-0.2, 0) is 0 Å². The van der Waals surface area contributed by atoms with Crippen molar-refractivity contribution in [1.29, 1.82) is 0 Å². The lowest BCUT2D eigenvalue weighted by Gasteiger charge is -2.10. The standard InChI is InChI=1S/C22H16N2/c1-2-8-15(9-3-1)20-14-23-22(24-20)21-18-12-6-4-10-16(18)17-11-5-7-13-19(17)21/h1-14,21H,(H,23,24). The van der Waals surface area contributed by atoms with Crippen molar-refractivity contribution in [2.45, 2.75) is 5.92 Å². The molecule has 2 nitrogen and oxygen atoms in total. The topological polar surface area (TPSA) is 28.7 Å². The molecule has 5 rings (SSSR count). The molecule has 4 aromatic rings. The van der Waals surface area contributed by atoms with E-state index in [1.54, 1.807) is 0 Å². The molecule has 1 aliphatic carbocycles. The Morgan fingerprint density at radius 2 is 1.25 bits per heavy atom. The molecule has 0 unspecified atom stereocenters. The van der Waals surface area contributed by atoms with Crippen LogP contribution >= 0.6 is 0 Å². The Hall–Kier alpha value is -3.13. The molecule has 1 aliphatic rings. The van der Waals surface area contributed by atoms with Gasteiger partial charge in [-0.1, -0.05) is 78.9 Å². The van der Waals surface area contributed by atoms with Crippen LogP contribution in [0.15, 0.2) is 85.1 Å². The molecule has 0 spiro atoms. The minimum Gasteiger partial charge on any atom is -0.341 e. The van der Waals surface area contributed by atoms with Crippen molar-refractivity contribution >= 4 is 0 Å². The molecule has 0 saturated heterocycles. The van der Waals surface area contributed by atoms with Crippen molar-refractivity contribution in [3.63, 3.8) is 0 Å². The van der Waals surface area contributed by atoms with Gasteiger partial charge >= 0.3 is 0 Å². The lowest BCUT2D eigenvalue weighted by molar-refractivity contribution is 0.908. The van der Waals surface area contributed by atoms with E-state index in [1.807, 2.05) is 12.3 Å². The molecule has 1 N–H and O–H groups in total. The van der Waals surface area contributed by atoms with Crippen LogP contribution in [0.5, 0.6) is 0 Å². The molecule has 0 aliphatic heterocycles. The zero-order valence-electron chi connectivity index (χ0n) is 13.1. The van der Waals surface area contributed by atoms with E-state index in [4.69, 9.17) is 4.98 Å². The number of hydrogen-bond donors (Lipinski definition) is 1. The number of H-pyrrole nitrogens is 1. The summed E-state index contributed by atoms with van der Waals surface area (Å²) in [5, 5.41) is 0. The van der Waals surface area contributed by atoms with Crippen LogP contribution in [0.2, 0.25) is 0 Å². The number of benzene rings is 3.